The standard InChI is InChI=1S/C21H29N3O3/c1-15(23-10-8-16-5-2-3-6-17(16)12-23)11-22-20(27)24-13-18-7-4-9-21(18,14-24)19(25)26/h2-3,5-6,15,18H,4,7-14H2,1H3,(H,22,27)(H,25,26)/t15?,18-,21+/m0/s1. The van der Waals surface area contributed by atoms with Crippen molar-refractivity contribution in [3.8, 4) is 0 Å². The molecule has 4 rings (SSSR count). The van der Waals surface area contributed by atoms with Crippen molar-refractivity contribution < 1.29 is 14.7 Å². The van der Waals surface area contributed by atoms with Crippen molar-refractivity contribution in [2.75, 3.05) is 26.2 Å². The van der Waals surface area contributed by atoms with Gasteiger partial charge in [0.25, 0.3) is 0 Å². The molecule has 2 heterocycles. The number of aliphatic carboxylic acids is 1. The lowest BCUT2D eigenvalue weighted by atomic mass is 9.81. The minimum Gasteiger partial charge on any atom is -0.481 e. The van der Waals surface area contributed by atoms with Gasteiger partial charge in [0.2, 0.25) is 0 Å². The van der Waals surface area contributed by atoms with E-state index in [4.69, 9.17) is 0 Å². The van der Waals surface area contributed by atoms with Crippen molar-refractivity contribution in [1.29, 1.82) is 0 Å². The molecule has 1 saturated heterocycles. The van der Waals surface area contributed by atoms with Gasteiger partial charge in [0.05, 0.1) is 5.41 Å². The molecule has 2 amide bonds. The van der Waals surface area contributed by atoms with Crippen molar-refractivity contribution in [2.24, 2.45) is 11.3 Å². The Morgan fingerprint density at radius 3 is 2.85 bits per heavy atom. The molecule has 2 fully saturated rings. The fraction of sp³-hybridized carbons (Fsp3) is 0.619. The van der Waals surface area contributed by atoms with E-state index in [1.165, 1.54) is 11.1 Å². The molecule has 146 valence electrons. The fourth-order valence-corrected chi connectivity index (χ4v) is 5.16. The Morgan fingerprint density at radius 2 is 2.11 bits per heavy atom. The number of fused-ring (bicyclic) bond motifs is 2. The summed E-state index contributed by atoms with van der Waals surface area (Å²) in [5.74, 6) is -0.627. The van der Waals surface area contributed by atoms with E-state index >= 15 is 0 Å². The summed E-state index contributed by atoms with van der Waals surface area (Å²) >= 11 is 0. The molecule has 0 spiro atoms. The maximum Gasteiger partial charge on any atom is 0.317 e. The van der Waals surface area contributed by atoms with E-state index in [9.17, 15) is 14.7 Å². The Labute approximate surface area is 160 Å². The van der Waals surface area contributed by atoms with E-state index in [1.54, 1.807) is 4.90 Å². The van der Waals surface area contributed by atoms with Gasteiger partial charge < -0.3 is 15.3 Å². The van der Waals surface area contributed by atoms with Gasteiger partial charge in [-0.2, -0.15) is 0 Å². The van der Waals surface area contributed by atoms with Crippen LogP contribution in [0.1, 0.15) is 37.3 Å². The molecule has 6 nitrogen and oxygen atoms in total. The SMILES string of the molecule is CC(CNC(=O)N1C[C@@H]2CCC[C@@]2(C(=O)O)C1)N1CCc2ccccc2C1. The average molecular weight is 371 g/mol. The molecule has 0 aromatic heterocycles. The smallest absolute Gasteiger partial charge is 0.317 e. The first-order valence-corrected chi connectivity index (χ1v) is 10.1. The van der Waals surface area contributed by atoms with Crippen LogP contribution in [0.25, 0.3) is 0 Å². The number of rotatable bonds is 4. The molecule has 1 aromatic rings. The van der Waals surface area contributed by atoms with Crippen LogP contribution in [0.15, 0.2) is 24.3 Å². The van der Waals surface area contributed by atoms with E-state index < -0.39 is 11.4 Å². The summed E-state index contributed by atoms with van der Waals surface area (Å²) in [4.78, 5) is 28.5. The second kappa shape index (κ2) is 7.15. The molecular weight excluding hydrogens is 342 g/mol. The number of hydrogen-bond acceptors (Lipinski definition) is 3. The molecule has 2 N–H and O–H groups in total. The number of carboxylic acid groups (broad SMARTS) is 1. The van der Waals surface area contributed by atoms with Crippen molar-refractivity contribution in [3.63, 3.8) is 0 Å². The zero-order valence-electron chi connectivity index (χ0n) is 16.0. The van der Waals surface area contributed by atoms with Crippen LogP contribution in [-0.2, 0) is 17.8 Å². The summed E-state index contributed by atoms with van der Waals surface area (Å²) < 4.78 is 0. The number of nitrogens with one attached hydrogen (secondary N) is 1. The number of likely N-dealkylation sites (tertiary alicyclic amines) is 1. The third kappa shape index (κ3) is 3.31. The molecule has 27 heavy (non-hydrogen) atoms. The van der Waals surface area contributed by atoms with Crippen molar-refractivity contribution >= 4 is 12.0 Å². The van der Waals surface area contributed by atoms with E-state index in [2.05, 4.69) is 41.4 Å². The highest BCUT2D eigenvalue weighted by molar-refractivity contribution is 5.80. The topological polar surface area (TPSA) is 72.9 Å². The number of carbonyl (C=O) groups excluding carboxylic acids is 1. The molecule has 0 bridgehead atoms. The Kier molecular flexibility index (Phi) is 4.84. The zero-order chi connectivity index (χ0) is 19.0. The third-order valence-electron chi connectivity index (χ3n) is 6.92. The van der Waals surface area contributed by atoms with Gasteiger partial charge in [-0.15, -0.1) is 0 Å². The Balaban J connectivity index is 1.30. The van der Waals surface area contributed by atoms with Gasteiger partial charge in [-0.3, -0.25) is 9.69 Å². The Bertz CT molecular complexity index is 737. The summed E-state index contributed by atoms with van der Waals surface area (Å²) in [5, 5.41) is 12.7. The summed E-state index contributed by atoms with van der Waals surface area (Å²) in [6.45, 7) is 5.57. The van der Waals surface area contributed by atoms with Gasteiger partial charge in [0.15, 0.2) is 0 Å². The summed E-state index contributed by atoms with van der Waals surface area (Å²) in [6.07, 6.45) is 3.61. The van der Waals surface area contributed by atoms with Crippen molar-refractivity contribution in [3.05, 3.63) is 35.4 Å². The van der Waals surface area contributed by atoms with Crippen molar-refractivity contribution in [2.45, 2.75) is 45.2 Å². The number of carbonyl (C=O) groups is 2. The van der Waals surface area contributed by atoms with Crippen LogP contribution in [0, 0.1) is 11.3 Å². The van der Waals surface area contributed by atoms with Crippen LogP contribution < -0.4 is 5.32 Å². The number of benzene rings is 1. The summed E-state index contributed by atoms with van der Waals surface area (Å²) in [7, 11) is 0. The van der Waals surface area contributed by atoms with Gasteiger partial charge in [-0.25, -0.2) is 4.79 Å². The molecule has 3 aliphatic rings. The lowest BCUT2D eigenvalue weighted by Gasteiger charge is -2.34. The first-order valence-electron chi connectivity index (χ1n) is 10.1. The minimum atomic E-state index is -0.736. The van der Waals surface area contributed by atoms with Gasteiger partial charge in [0, 0.05) is 38.8 Å². The number of carboxylic acids is 1. The lowest BCUT2D eigenvalue weighted by molar-refractivity contribution is -0.149. The molecule has 3 atom stereocenters. The Hall–Kier alpha value is -2.08. The maximum atomic E-state index is 12.6. The molecule has 1 saturated carbocycles. The van der Waals surface area contributed by atoms with Gasteiger partial charge in [-0.1, -0.05) is 30.7 Å². The highest BCUT2D eigenvalue weighted by Crippen LogP contribution is 2.48. The molecule has 1 unspecified atom stereocenters. The predicted molar refractivity (Wildman–Crippen MR) is 102 cm³/mol. The zero-order valence-corrected chi connectivity index (χ0v) is 16.0. The molecule has 1 aromatic carbocycles. The van der Waals surface area contributed by atoms with Crippen LogP contribution in [0.2, 0.25) is 0 Å². The van der Waals surface area contributed by atoms with Gasteiger partial charge >= 0.3 is 12.0 Å². The van der Waals surface area contributed by atoms with Crippen LogP contribution in [0.5, 0.6) is 0 Å². The normalized spacial score (nSPS) is 28.5. The first kappa shape index (κ1) is 18.3. The van der Waals surface area contributed by atoms with E-state index in [0.29, 0.717) is 26.1 Å². The number of nitrogens with zero attached hydrogens (tertiary/aromatic N) is 2. The van der Waals surface area contributed by atoms with Crippen LogP contribution in [0.4, 0.5) is 4.79 Å². The third-order valence-corrected chi connectivity index (χ3v) is 6.92. The largest absolute Gasteiger partial charge is 0.481 e. The second-order valence-electron chi connectivity index (χ2n) is 8.46. The molecule has 6 heteroatoms. The maximum absolute atomic E-state index is 12.6. The second-order valence-corrected chi connectivity index (χ2v) is 8.46. The van der Waals surface area contributed by atoms with Crippen LogP contribution >= 0.6 is 0 Å². The van der Waals surface area contributed by atoms with Crippen molar-refractivity contribution in [1.82, 2.24) is 15.1 Å². The summed E-state index contributed by atoms with van der Waals surface area (Å²) in [5.41, 5.74) is 2.09. The van der Waals surface area contributed by atoms with E-state index in [0.717, 1.165) is 32.4 Å². The molecule has 2 aliphatic heterocycles. The number of amides is 2. The lowest BCUT2D eigenvalue weighted by Crippen LogP contribution is -2.48. The Morgan fingerprint density at radius 1 is 1.33 bits per heavy atom. The van der Waals surface area contributed by atoms with Crippen LogP contribution in [-0.4, -0.2) is 59.1 Å². The highest BCUT2D eigenvalue weighted by atomic mass is 16.4. The molecular formula is C21H29N3O3. The molecule has 1 aliphatic carbocycles. The average Bonchev–Trinajstić information content (AvgIpc) is 3.24. The van der Waals surface area contributed by atoms with Crippen LogP contribution in [0.3, 0.4) is 0 Å². The van der Waals surface area contributed by atoms with Gasteiger partial charge in [-0.05, 0) is 43.2 Å². The highest BCUT2D eigenvalue weighted by Gasteiger charge is 2.55. The van der Waals surface area contributed by atoms with Gasteiger partial charge in [0.1, 0.15) is 0 Å². The van der Waals surface area contributed by atoms with E-state index in [-0.39, 0.29) is 18.0 Å². The minimum absolute atomic E-state index is 0.108. The first-order chi connectivity index (χ1) is 13.0. The quantitative estimate of drug-likeness (QED) is 0.852. The monoisotopic (exact) mass is 371 g/mol. The molecule has 0 radical (unpaired) electrons. The number of urea groups is 1. The summed E-state index contributed by atoms with van der Waals surface area (Å²) in [6, 6.07) is 8.68. The fourth-order valence-electron chi connectivity index (χ4n) is 5.16. The predicted octanol–water partition coefficient (Wildman–Crippen LogP) is 2.33. The number of hydrogen-bond donors (Lipinski definition) is 2. The van der Waals surface area contributed by atoms with E-state index in [1.807, 2.05) is 0 Å².